The molecule has 2 nitrogen and oxygen atoms in total. The van der Waals surface area contributed by atoms with E-state index in [1.807, 2.05) is 0 Å². The Kier molecular flexibility index (Phi) is 4.65. The molecule has 2 N–H and O–H groups in total. The molecule has 2 rings (SSSR count). The number of nitrogens with two attached hydrogens (primary N) is 1. The highest BCUT2D eigenvalue weighted by atomic mass is 19.4. The van der Waals surface area contributed by atoms with Gasteiger partial charge in [-0.3, -0.25) is 4.90 Å². The van der Waals surface area contributed by atoms with Crippen LogP contribution in [0.4, 0.5) is 17.6 Å². The summed E-state index contributed by atoms with van der Waals surface area (Å²) in [6.07, 6.45) is -3.46. The summed E-state index contributed by atoms with van der Waals surface area (Å²) >= 11 is 0. The molecule has 2 atom stereocenters. The average Bonchev–Trinajstić information content (AvgIpc) is 2.87. The Hall–Kier alpha value is -1.14. The smallest absolute Gasteiger partial charge is 0.329 e. The first-order chi connectivity index (χ1) is 9.40. The van der Waals surface area contributed by atoms with Gasteiger partial charge in [-0.25, -0.2) is 4.39 Å². The van der Waals surface area contributed by atoms with Crippen LogP contribution in [0.5, 0.6) is 0 Å². The number of rotatable bonds is 4. The maximum atomic E-state index is 12.8. The Balaban J connectivity index is 1.97. The van der Waals surface area contributed by atoms with E-state index in [1.54, 1.807) is 17.0 Å². The number of benzene rings is 1. The van der Waals surface area contributed by atoms with Crippen molar-refractivity contribution in [2.45, 2.75) is 25.1 Å². The van der Waals surface area contributed by atoms with E-state index >= 15 is 0 Å². The minimum absolute atomic E-state index is 0.00651. The second-order valence-corrected chi connectivity index (χ2v) is 5.24. The molecule has 1 aromatic rings. The van der Waals surface area contributed by atoms with Gasteiger partial charge in [-0.15, -0.1) is 0 Å². The minimum atomic E-state index is -4.14. The standard InChI is InChI=1S/C14H18F4N2/c15-12-3-1-10(2-4-12)7-13(8-19)20-6-5-11(9-20)14(16,17)18/h1-4,11,13H,5-9,19H2. The monoisotopic (exact) mass is 290 g/mol. The number of nitrogens with zero attached hydrogens (tertiary/aromatic N) is 1. The first kappa shape index (κ1) is 15.3. The highest BCUT2D eigenvalue weighted by Crippen LogP contribution is 2.34. The van der Waals surface area contributed by atoms with Crippen molar-refractivity contribution in [3.05, 3.63) is 35.6 Å². The van der Waals surface area contributed by atoms with Gasteiger partial charge in [0.1, 0.15) is 5.82 Å². The summed E-state index contributed by atoms with van der Waals surface area (Å²) in [4.78, 5) is 1.79. The lowest BCUT2D eigenvalue weighted by molar-refractivity contribution is -0.170. The average molecular weight is 290 g/mol. The minimum Gasteiger partial charge on any atom is -0.329 e. The third-order valence-electron chi connectivity index (χ3n) is 3.86. The Morgan fingerprint density at radius 3 is 2.40 bits per heavy atom. The lowest BCUT2D eigenvalue weighted by Gasteiger charge is -2.27. The number of alkyl halides is 3. The predicted molar refractivity (Wildman–Crippen MR) is 68.7 cm³/mol. The third kappa shape index (κ3) is 3.70. The molecule has 1 fully saturated rings. The predicted octanol–water partition coefficient (Wildman–Crippen LogP) is 2.58. The largest absolute Gasteiger partial charge is 0.393 e. The summed E-state index contributed by atoms with van der Waals surface area (Å²) in [5.74, 6) is -1.58. The van der Waals surface area contributed by atoms with Crippen molar-refractivity contribution in [1.29, 1.82) is 0 Å². The van der Waals surface area contributed by atoms with Crippen LogP contribution in [0, 0.1) is 11.7 Å². The molecule has 20 heavy (non-hydrogen) atoms. The van der Waals surface area contributed by atoms with Gasteiger partial charge in [0.15, 0.2) is 0 Å². The quantitative estimate of drug-likeness (QED) is 0.864. The molecule has 112 valence electrons. The Bertz CT molecular complexity index is 430. The zero-order valence-corrected chi connectivity index (χ0v) is 11.0. The fourth-order valence-corrected chi connectivity index (χ4v) is 2.64. The van der Waals surface area contributed by atoms with Crippen LogP contribution in [0.3, 0.4) is 0 Å². The van der Waals surface area contributed by atoms with Crippen LogP contribution in [0.2, 0.25) is 0 Å². The molecule has 0 radical (unpaired) electrons. The number of halogens is 4. The fourth-order valence-electron chi connectivity index (χ4n) is 2.64. The van der Waals surface area contributed by atoms with Crippen LogP contribution in [-0.4, -0.2) is 36.8 Å². The zero-order valence-electron chi connectivity index (χ0n) is 11.0. The molecular weight excluding hydrogens is 272 g/mol. The van der Waals surface area contributed by atoms with E-state index < -0.39 is 12.1 Å². The van der Waals surface area contributed by atoms with Crippen molar-refractivity contribution >= 4 is 0 Å². The molecule has 1 aromatic carbocycles. The van der Waals surface area contributed by atoms with Crippen molar-refractivity contribution in [3.63, 3.8) is 0 Å². The SMILES string of the molecule is NCC(Cc1ccc(F)cc1)N1CCC(C(F)(F)F)C1. The van der Waals surface area contributed by atoms with E-state index in [-0.39, 0.29) is 24.8 Å². The van der Waals surface area contributed by atoms with E-state index in [4.69, 9.17) is 5.73 Å². The molecule has 0 aliphatic carbocycles. The van der Waals surface area contributed by atoms with Crippen molar-refractivity contribution < 1.29 is 17.6 Å². The second-order valence-electron chi connectivity index (χ2n) is 5.24. The molecule has 1 aliphatic heterocycles. The van der Waals surface area contributed by atoms with E-state index in [1.165, 1.54) is 12.1 Å². The number of likely N-dealkylation sites (tertiary alicyclic amines) is 1. The molecule has 0 saturated carbocycles. The van der Waals surface area contributed by atoms with Crippen LogP contribution in [-0.2, 0) is 6.42 Å². The summed E-state index contributed by atoms with van der Waals surface area (Å²) in [6.45, 7) is 0.710. The van der Waals surface area contributed by atoms with Gasteiger partial charge >= 0.3 is 6.18 Å². The summed E-state index contributed by atoms with van der Waals surface area (Å²) in [5.41, 5.74) is 6.57. The molecule has 2 unspecified atom stereocenters. The molecule has 6 heteroatoms. The van der Waals surface area contributed by atoms with Gasteiger partial charge in [0.05, 0.1) is 5.92 Å². The van der Waals surface area contributed by atoms with Crippen molar-refractivity contribution in [2.75, 3.05) is 19.6 Å². The van der Waals surface area contributed by atoms with Gasteiger partial charge in [-0.2, -0.15) is 13.2 Å². The summed E-state index contributed by atoms with van der Waals surface area (Å²) in [7, 11) is 0. The van der Waals surface area contributed by atoms with Crippen LogP contribution in [0.25, 0.3) is 0 Å². The Labute approximate surface area is 115 Å². The third-order valence-corrected chi connectivity index (χ3v) is 3.86. The molecule has 0 spiro atoms. The maximum Gasteiger partial charge on any atom is 0.393 e. The first-order valence-corrected chi connectivity index (χ1v) is 6.65. The van der Waals surface area contributed by atoms with Gasteiger partial charge in [-0.05, 0) is 37.1 Å². The molecule has 1 heterocycles. The summed E-state index contributed by atoms with van der Waals surface area (Å²) in [5, 5.41) is 0. The lowest BCUT2D eigenvalue weighted by atomic mass is 10.0. The normalized spacial score (nSPS) is 22.1. The van der Waals surface area contributed by atoms with E-state index in [0.717, 1.165) is 5.56 Å². The number of hydrogen-bond acceptors (Lipinski definition) is 2. The Morgan fingerprint density at radius 1 is 1.25 bits per heavy atom. The zero-order chi connectivity index (χ0) is 14.8. The first-order valence-electron chi connectivity index (χ1n) is 6.65. The lowest BCUT2D eigenvalue weighted by Crippen LogP contribution is -2.41. The topological polar surface area (TPSA) is 29.3 Å². The Morgan fingerprint density at radius 2 is 1.90 bits per heavy atom. The van der Waals surface area contributed by atoms with Crippen molar-refractivity contribution in [3.8, 4) is 0 Å². The molecule has 1 aliphatic rings. The van der Waals surface area contributed by atoms with Crippen molar-refractivity contribution in [1.82, 2.24) is 4.90 Å². The van der Waals surface area contributed by atoms with Crippen LogP contribution in [0.15, 0.2) is 24.3 Å². The van der Waals surface area contributed by atoms with E-state index in [9.17, 15) is 17.6 Å². The van der Waals surface area contributed by atoms with Gasteiger partial charge in [0, 0.05) is 19.1 Å². The summed E-state index contributed by atoms with van der Waals surface area (Å²) < 4.78 is 50.8. The van der Waals surface area contributed by atoms with Gasteiger partial charge in [0.25, 0.3) is 0 Å². The van der Waals surface area contributed by atoms with Gasteiger partial charge < -0.3 is 5.73 Å². The fraction of sp³-hybridized carbons (Fsp3) is 0.571. The number of hydrogen-bond donors (Lipinski definition) is 1. The van der Waals surface area contributed by atoms with Gasteiger partial charge in [0.2, 0.25) is 0 Å². The molecule has 1 saturated heterocycles. The van der Waals surface area contributed by atoms with Crippen LogP contribution < -0.4 is 5.73 Å². The van der Waals surface area contributed by atoms with Crippen LogP contribution in [0.1, 0.15) is 12.0 Å². The van der Waals surface area contributed by atoms with Gasteiger partial charge in [-0.1, -0.05) is 12.1 Å². The molecule has 0 bridgehead atoms. The highest BCUT2D eigenvalue weighted by Gasteiger charge is 2.44. The van der Waals surface area contributed by atoms with E-state index in [0.29, 0.717) is 19.5 Å². The van der Waals surface area contributed by atoms with E-state index in [2.05, 4.69) is 0 Å². The van der Waals surface area contributed by atoms with Crippen molar-refractivity contribution in [2.24, 2.45) is 11.7 Å². The molecular formula is C14H18F4N2. The summed E-state index contributed by atoms with van der Waals surface area (Å²) in [6, 6.07) is 5.87. The highest BCUT2D eigenvalue weighted by molar-refractivity contribution is 5.17. The maximum absolute atomic E-state index is 12.8. The molecule has 0 aromatic heterocycles. The second kappa shape index (κ2) is 6.10. The van der Waals surface area contributed by atoms with Crippen LogP contribution >= 0.6 is 0 Å². The molecule has 0 amide bonds.